The summed E-state index contributed by atoms with van der Waals surface area (Å²) in [5.41, 5.74) is 0.907. The van der Waals surface area contributed by atoms with Gasteiger partial charge in [-0.15, -0.1) is 0 Å². The Labute approximate surface area is 98.4 Å². The molecule has 0 amide bonds. The minimum atomic E-state index is -0.746. The molecule has 86 valence electrons. The highest BCUT2D eigenvalue weighted by Crippen LogP contribution is 2.09. The van der Waals surface area contributed by atoms with Crippen LogP contribution in [0.3, 0.4) is 0 Å². The van der Waals surface area contributed by atoms with Gasteiger partial charge in [0.25, 0.3) is 0 Å². The fourth-order valence-electron chi connectivity index (χ4n) is 1.54. The van der Waals surface area contributed by atoms with Gasteiger partial charge < -0.3 is 10.4 Å². The van der Waals surface area contributed by atoms with Crippen LogP contribution in [0, 0.1) is 0 Å². The SMILES string of the molecule is CC1=C[C@H](O)N=C(CCn2nccc2Cl)N1. The molecule has 0 fully saturated rings. The number of aromatic nitrogens is 2. The Morgan fingerprint density at radius 2 is 2.44 bits per heavy atom. The number of nitrogens with one attached hydrogen (secondary N) is 1. The number of amidine groups is 1. The molecule has 6 heteroatoms. The molecule has 0 aromatic carbocycles. The van der Waals surface area contributed by atoms with Gasteiger partial charge in [0.15, 0.2) is 6.23 Å². The van der Waals surface area contributed by atoms with Crippen molar-refractivity contribution in [3.05, 3.63) is 29.2 Å². The van der Waals surface area contributed by atoms with Crippen molar-refractivity contribution in [1.29, 1.82) is 0 Å². The quantitative estimate of drug-likeness (QED) is 0.833. The van der Waals surface area contributed by atoms with Crippen molar-refractivity contribution in [2.45, 2.75) is 26.1 Å². The zero-order valence-electron chi connectivity index (χ0n) is 8.89. The minimum Gasteiger partial charge on any atom is -0.368 e. The minimum absolute atomic E-state index is 0.601. The summed E-state index contributed by atoms with van der Waals surface area (Å²) in [5, 5.41) is 17.2. The van der Waals surface area contributed by atoms with E-state index in [4.69, 9.17) is 11.6 Å². The van der Waals surface area contributed by atoms with Crippen LogP contribution in [0.5, 0.6) is 0 Å². The van der Waals surface area contributed by atoms with Crippen LogP contribution < -0.4 is 5.32 Å². The van der Waals surface area contributed by atoms with E-state index in [0.717, 1.165) is 11.5 Å². The van der Waals surface area contributed by atoms with E-state index in [-0.39, 0.29) is 0 Å². The maximum atomic E-state index is 9.41. The molecule has 1 aliphatic rings. The maximum Gasteiger partial charge on any atom is 0.168 e. The summed E-state index contributed by atoms with van der Waals surface area (Å²) in [6.07, 6.45) is 3.22. The highest BCUT2D eigenvalue weighted by molar-refractivity contribution is 6.29. The summed E-state index contributed by atoms with van der Waals surface area (Å²) >= 11 is 5.89. The van der Waals surface area contributed by atoms with Gasteiger partial charge in [-0.25, -0.2) is 4.99 Å². The normalized spacial score (nSPS) is 20.1. The molecule has 2 rings (SSSR count). The van der Waals surface area contributed by atoms with Gasteiger partial charge in [-0.05, 0) is 19.1 Å². The first-order valence-corrected chi connectivity index (χ1v) is 5.40. The third-order valence-electron chi connectivity index (χ3n) is 2.25. The number of rotatable bonds is 3. The van der Waals surface area contributed by atoms with Crippen molar-refractivity contribution in [2.75, 3.05) is 0 Å². The van der Waals surface area contributed by atoms with E-state index >= 15 is 0 Å². The Balaban J connectivity index is 1.94. The van der Waals surface area contributed by atoms with Crippen LogP contribution in [0.25, 0.3) is 0 Å². The number of nitrogens with zero attached hydrogens (tertiary/aromatic N) is 3. The Morgan fingerprint density at radius 3 is 3.06 bits per heavy atom. The molecule has 1 aromatic heterocycles. The Kier molecular flexibility index (Phi) is 3.26. The lowest BCUT2D eigenvalue weighted by Crippen LogP contribution is -2.29. The average molecular weight is 241 g/mol. The van der Waals surface area contributed by atoms with Crippen LogP contribution in [-0.4, -0.2) is 27.0 Å². The highest BCUT2D eigenvalue weighted by atomic mass is 35.5. The lowest BCUT2D eigenvalue weighted by molar-refractivity contribution is 0.229. The van der Waals surface area contributed by atoms with Gasteiger partial charge in [-0.1, -0.05) is 11.6 Å². The molecule has 0 bridgehead atoms. The zero-order valence-corrected chi connectivity index (χ0v) is 9.65. The number of hydrogen-bond acceptors (Lipinski definition) is 4. The Hall–Kier alpha value is -1.33. The molecule has 0 radical (unpaired) electrons. The van der Waals surface area contributed by atoms with E-state index in [9.17, 15) is 5.11 Å². The molecule has 0 saturated carbocycles. The largest absolute Gasteiger partial charge is 0.368 e. The number of aryl methyl sites for hydroxylation is 1. The number of aliphatic hydroxyl groups is 1. The van der Waals surface area contributed by atoms with Crippen LogP contribution >= 0.6 is 11.6 Å². The second-order valence-corrected chi connectivity index (χ2v) is 3.98. The van der Waals surface area contributed by atoms with Crippen molar-refractivity contribution in [3.63, 3.8) is 0 Å². The maximum absolute atomic E-state index is 9.41. The monoisotopic (exact) mass is 240 g/mol. The van der Waals surface area contributed by atoms with E-state index in [1.165, 1.54) is 0 Å². The summed E-state index contributed by atoms with van der Waals surface area (Å²) < 4.78 is 1.69. The third kappa shape index (κ3) is 2.62. The van der Waals surface area contributed by atoms with Gasteiger partial charge in [-0.2, -0.15) is 5.10 Å². The summed E-state index contributed by atoms with van der Waals surface area (Å²) in [7, 11) is 0. The van der Waals surface area contributed by atoms with Crippen molar-refractivity contribution >= 4 is 17.4 Å². The Bertz CT molecular complexity index is 438. The average Bonchev–Trinajstić information content (AvgIpc) is 2.59. The fraction of sp³-hybridized carbons (Fsp3) is 0.400. The molecular formula is C10H13ClN4O. The molecule has 5 nitrogen and oxygen atoms in total. The van der Waals surface area contributed by atoms with Crippen molar-refractivity contribution < 1.29 is 5.11 Å². The van der Waals surface area contributed by atoms with Gasteiger partial charge in [0.05, 0.1) is 6.20 Å². The topological polar surface area (TPSA) is 62.4 Å². The molecular weight excluding hydrogens is 228 g/mol. The van der Waals surface area contributed by atoms with Gasteiger partial charge >= 0.3 is 0 Å². The first-order valence-electron chi connectivity index (χ1n) is 5.02. The van der Waals surface area contributed by atoms with Crippen molar-refractivity contribution in [2.24, 2.45) is 4.99 Å². The molecule has 1 atom stereocenters. The van der Waals surface area contributed by atoms with Crippen LogP contribution in [0.1, 0.15) is 13.3 Å². The molecule has 2 N–H and O–H groups in total. The molecule has 0 unspecified atom stereocenters. The van der Waals surface area contributed by atoms with Crippen molar-refractivity contribution in [1.82, 2.24) is 15.1 Å². The summed E-state index contributed by atoms with van der Waals surface area (Å²) in [6, 6.07) is 1.73. The summed E-state index contributed by atoms with van der Waals surface area (Å²) in [4.78, 5) is 4.06. The molecule has 0 spiro atoms. The lowest BCUT2D eigenvalue weighted by Gasteiger charge is -2.17. The molecule has 1 aliphatic heterocycles. The number of hydrogen-bond donors (Lipinski definition) is 2. The van der Waals surface area contributed by atoms with E-state index < -0.39 is 6.23 Å². The van der Waals surface area contributed by atoms with Crippen LogP contribution in [0.15, 0.2) is 29.0 Å². The fourth-order valence-corrected chi connectivity index (χ4v) is 1.73. The van der Waals surface area contributed by atoms with E-state index in [2.05, 4.69) is 15.4 Å². The van der Waals surface area contributed by atoms with E-state index in [1.807, 2.05) is 6.92 Å². The smallest absolute Gasteiger partial charge is 0.168 e. The predicted molar refractivity (Wildman–Crippen MR) is 62.2 cm³/mol. The second-order valence-electron chi connectivity index (χ2n) is 3.59. The van der Waals surface area contributed by atoms with Crippen LogP contribution in [-0.2, 0) is 6.54 Å². The van der Waals surface area contributed by atoms with E-state index in [1.54, 1.807) is 23.0 Å². The molecule has 0 saturated heterocycles. The standard InChI is InChI=1S/C10H13ClN4O/c1-7-6-10(16)14-9(13-7)3-5-15-8(11)2-4-12-15/h2,4,6,10,16H,3,5H2,1H3,(H,13,14)/t10-/m0/s1. The first kappa shape index (κ1) is 11.2. The van der Waals surface area contributed by atoms with Crippen LogP contribution in [0.4, 0.5) is 0 Å². The number of aliphatic hydroxyl groups excluding tert-OH is 1. The number of allylic oxidation sites excluding steroid dienone is 1. The van der Waals surface area contributed by atoms with Gasteiger partial charge in [0.2, 0.25) is 0 Å². The molecule has 0 aliphatic carbocycles. The second kappa shape index (κ2) is 4.67. The molecule has 16 heavy (non-hydrogen) atoms. The van der Waals surface area contributed by atoms with Crippen LogP contribution in [0.2, 0.25) is 5.15 Å². The first-order chi connectivity index (χ1) is 7.65. The molecule has 2 heterocycles. The third-order valence-corrected chi connectivity index (χ3v) is 2.57. The van der Waals surface area contributed by atoms with Gasteiger partial charge in [-0.3, -0.25) is 4.68 Å². The zero-order chi connectivity index (χ0) is 11.5. The summed E-state index contributed by atoms with van der Waals surface area (Å²) in [5.74, 6) is 0.749. The van der Waals surface area contributed by atoms with Crippen molar-refractivity contribution in [3.8, 4) is 0 Å². The lowest BCUT2D eigenvalue weighted by atomic mass is 10.3. The molecule has 1 aromatic rings. The number of halogens is 1. The predicted octanol–water partition coefficient (Wildman–Crippen LogP) is 1.15. The van der Waals surface area contributed by atoms with E-state index in [0.29, 0.717) is 18.1 Å². The highest BCUT2D eigenvalue weighted by Gasteiger charge is 2.10. The van der Waals surface area contributed by atoms with Gasteiger partial charge in [0, 0.05) is 18.7 Å². The van der Waals surface area contributed by atoms with Gasteiger partial charge in [0.1, 0.15) is 11.0 Å². The number of aliphatic imine (C=N–C) groups is 1. The Morgan fingerprint density at radius 1 is 1.62 bits per heavy atom. The summed E-state index contributed by atoms with van der Waals surface area (Å²) in [6.45, 7) is 2.52.